The highest BCUT2D eigenvalue weighted by Gasteiger charge is 2.23. The molecular weight excluding hydrogens is 321 g/mol. The minimum absolute atomic E-state index is 0.205. The van der Waals surface area contributed by atoms with Gasteiger partial charge in [0.15, 0.2) is 5.15 Å². The van der Waals surface area contributed by atoms with Crippen LogP contribution in [0.4, 0.5) is 4.79 Å². The van der Waals surface area contributed by atoms with Gasteiger partial charge < -0.3 is 4.74 Å². The molecule has 0 unspecified atom stereocenters. The number of nitrogens with zero attached hydrogens (tertiary/aromatic N) is 3. The van der Waals surface area contributed by atoms with Gasteiger partial charge in [-0.2, -0.15) is 9.78 Å². The molecule has 0 bridgehead atoms. The zero-order valence-electron chi connectivity index (χ0n) is 10.1. The number of hydrogen-bond acceptors (Lipinski definition) is 4. The number of ether oxygens (including phenoxy) is 1. The van der Waals surface area contributed by atoms with E-state index >= 15 is 0 Å². The van der Waals surface area contributed by atoms with E-state index in [2.05, 4.69) is 26.0 Å². The summed E-state index contributed by atoms with van der Waals surface area (Å²) in [6.07, 6.45) is 0.962. The van der Waals surface area contributed by atoms with Gasteiger partial charge in [0.1, 0.15) is 15.7 Å². The summed E-state index contributed by atoms with van der Waals surface area (Å²) in [7, 11) is 0. The van der Waals surface area contributed by atoms with E-state index in [-0.39, 0.29) is 5.15 Å². The maximum absolute atomic E-state index is 12.0. The fraction of sp³-hybridized carbons (Fsp3) is 0.364. The highest BCUT2D eigenvalue weighted by molar-refractivity contribution is 9.10. The van der Waals surface area contributed by atoms with Crippen molar-refractivity contribution in [3.05, 3.63) is 22.0 Å². The van der Waals surface area contributed by atoms with E-state index in [9.17, 15) is 4.79 Å². The molecule has 0 atom stereocenters. The maximum atomic E-state index is 12.0. The Morgan fingerprint density at radius 3 is 2.78 bits per heavy atom. The van der Waals surface area contributed by atoms with Gasteiger partial charge in [-0.1, -0.05) is 11.6 Å². The van der Waals surface area contributed by atoms with E-state index in [1.807, 2.05) is 0 Å². The summed E-state index contributed by atoms with van der Waals surface area (Å²) in [4.78, 5) is 15.9. The third-order valence-electron chi connectivity index (χ3n) is 2.07. The smallest absolute Gasteiger partial charge is 0.435 e. The van der Waals surface area contributed by atoms with Crippen molar-refractivity contribution in [2.24, 2.45) is 0 Å². The highest BCUT2D eigenvalue weighted by Crippen LogP contribution is 2.28. The second-order valence-electron chi connectivity index (χ2n) is 4.68. The first kappa shape index (κ1) is 13.3. The first-order valence-corrected chi connectivity index (χ1v) is 6.39. The fourth-order valence-corrected chi connectivity index (χ4v) is 2.14. The molecule has 2 heterocycles. The van der Waals surface area contributed by atoms with E-state index < -0.39 is 11.7 Å². The van der Waals surface area contributed by atoms with Crippen molar-refractivity contribution in [1.29, 1.82) is 0 Å². The number of fused-ring (bicyclic) bond motifs is 1. The van der Waals surface area contributed by atoms with Crippen molar-refractivity contribution >= 4 is 44.5 Å². The van der Waals surface area contributed by atoms with Crippen LogP contribution in [0, 0.1) is 0 Å². The highest BCUT2D eigenvalue weighted by atomic mass is 79.9. The van der Waals surface area contributed by atoms with Gasteiger partial charge in [-0.05, 0) is 42.8 Å². The zero-order chi connectivity index (χ0) is 13.5. The minimum atomic E-state index is -0.601. The summed E-state index contributed by atoms with van der Waals surface area (Å²) in [5.74, 6) is 0. The Morgan fingerprint density at radius 2 is 2.17 bits per heavy atom. The van der Waals surface area contributed by atoms with Gasteiger partial charge in [0.25, 0.3) is 0 Å². The Bertz CT molecular complexity index is 619. The summed E-state index contributed by atoms with van der Waals surface area (Å²) >= 11 is 9.26. The first-order valence-electron chi connectivity index (χ1n) is 5.21. The van der Waals surface area contributed by atoms with Gasteiger partial charge in [-0.15, -0.1) is 0 Å². The monoisotopic (exact) mass is 331 g/mol. The molecule has 5 nitrogen and oxygen atoms in total. The van der Waals surface area contributed by atoms with E-state index in [1.165, 1.54) is 0 Å². The lowest BCUT2D eigenvalue weighted by atomic mass is 10.2. The topological polar surface area (TPSA) is 57.0 Å². The number of rotatable bonds is 0. The molecule has 96 valence electrons. The van der Waals surface area contributed by atoms with E-state index in [0.717, 1.165) is 4.68 Å². The molecule has 2 aromatic heterocycles. The maximum Gasteiger partial charge on any atom is 0.435 e. The Morgan fingerprint density at radius 1 is 1.50 bits per heavy atom. The minimum Gasteiger partial charge on any atom is -0.442 e. The second kappa shape index (κ2) is 4.51. The number of halogens is 2. The lowest BCUT2D eigenvalue weighted by molar-refractivity contribution is 0.0522. The number of aromatic nitrogens is 3. The fourth-order valence-electron chi connectivity index (χ4n) is 1.43. The largest absolute Gasteiger partial charge is 0.442 e. The van der Waals surface area contributed by atoms with Crippen LogP contribution in [0.1, 0.15) is 20.8 Å². The third-order valence-corrected chi connectivity index (χ3v) is 2.93. The van der Waals surface area contributed by atoms with Crippen molar-refractivity contribution in [3.8, 4) is 0 Å². The molecule has 0 aromatic carbocycles. The van der Waals surface area contributed by atoms with E-state index in [0.29, 0.717) is 15.5 Å². The van der Waals surface area contributed by atoms with E-state index in [1.54, 1.807) is 33.0 Å². The Balaban J connectivity index is 2.55. The van der Waals surface area contributed by atoms with Crippen LogP contribution in [0.15, 0.2) is 16.9 Å². The molecule has 0 amide bonds. The Labute approximate surface area is 117 Å². The molecule has 2 rings (SSSR count). The standard InChI is InChI=1S/C11H11BrClN3O2/c1-11(2,3)18-10(17)16-7-6(8(12)15-16)4-5-14-9(7)13/h4-5H,1-3H3. The molecule has 0 N–H and O–H groups in total. The van der Waals surface area contributed by atoms with Gasteiger partial charge in [-0.25, -0.2) is 9.78 Å². The van der Waals surface area contributed by atoms with Crippen molar-refractivity contribution in [2.75, 3.05) is 0 Å². The molecule has 0 aliphatic heterocycles. The molecule has 0 aliphatic carbocycles. The summed E-state index contributed by atoms with van der Waals surface area (Å²) < 4.78 is 6.89. The van der Waals surface area contributed by atoms with Crippen LogP contribution in [0.5, 0.6) is 0 Å². The van der Waals surface area contributed by atoms with Crippen LogP contribution in [0.3, 0.4) is 0 Å². The Kier molecular flexibility index (Phi) is 3.33. The number of pyridine rings is 1. The van der Waals surface area contributed by atoms with Crippen LogP contribution in [-0.2, 0) is 4.74 Å². The number of hydrogen-bond donors (Lipinski definition) is 0. The Hall–Kier alpha value is -1.14. The molecule has 0 radical (unpaired) electrons. The molecule has 0 fully saturated rings. The normalized spacial score (nSPS) is 11.8. The van der Waals surface area contributed by atoms with Crippen LogP contribution in [0.25, 0.3) is 10.9 Å². The average Bonchev–Trinajstić information content (AvgIpc) is 2.56. The molecule has 0 saturated carbocycles. The lowest BCUT2D eigenvalue weighted by Crippen LogP contribution is -2.27. The van der Waals surface area contributed by atoms with Crippen LogP contribution >= 0.6 is 27.5 Å². The number of carbonyl (C=O) groups excluding carboxylic acids is 1. The zero-order valence-corrected chi connectivity index (χ0v) is 12.4. The van der Waals surface area contributed by atoms with E-state index in [4.69, 9.17) is 16.3 Å². The van der Waals surface area contributed by atoms with Crippen molar-refractivity contribution < 1.29 is 9.53 Å². The molecule has 0 spiro atoms. The van der Waals surface area contributed by atoms with Crippen LogP contribution < -0.4 is 0 Å². The van der Waals surface area contributed by atoms with Crippen molar-refractivity contribution in [3.63, 3.8) is 0 Å². The predicted octanol–water partition coefficient (Wildman–Crippen LogP) is 3.63. The van der Waals surface area contributed by atoms with Crippen molar-refractivity contribution in [1.82, 2.24) is 14.8 Å². The lowest BCUT2D eigenvalue weighted by Gasteiger charge is -2.19. The van der Waals surface area contributed by atoms with Gasteiger partial charge in [0.2, 0.25) is 0 Å². The van der Waals surface area contributed by atoms with Gasteiger partial charge in [0, 0.05) is 11.6 Å². The SMILES string of the molecule is CC(C)(C)OC(=O)n1nc(Br)c2ccnc(Cl)c21. The van der Waals surface area contributed by atoms with Gasteiger partial charge >= 0.3 is 6.09 Å². The quantitative estimate of drug-likeness (QED) is 0.691. The van der Waals surface area contributed by atoms with Gasteiger partial charge in [0.05, 0.1) is 0 Å². The molecule has 18 heavy (non-hydrogen) atoms. The van der Waals surface area contributed by atoms with Crippen LogP contribution in [0.2, 0.25) is 5.15 Å². The van der Waals surface area contributed by atoms with Gasteiger partial charge in [-0.3, -0.25) is 0 Å². The summed E-state index contributed by atoms with van der Waals surface area (Å²) in [6.45, 7) is 5.35. The number of carbonyl (C=O) groups is 1. The third kappa shape index (κ3) is 2.49. The molecule has 2 aromatic rings. The predicted molar refractivity (Wildman–Crippen MR) is 71.9 cm³/mol. The average molecular weight is 333 g/mol. The summed E-state index contributed by atoms with van der Waals surface area (Å²) in [5.41, 5.74) is -0.170. The second-order valence-corrected chi connectivity index (χ2v) is 5.79. The molecule has 7 heteroatoms. The summed E-state index contributed by atoms with van der Waals surface area (Å²) in [6, 6.07) is 1.72. The first-order chi connectivity index (χ1) is 8.29. The molecular formula is C11H11BrClN3O2. The van der Waals surface area contributed by atoms with Crippen LogP contribution in [-0.4, -0.2) is 26.5 Å². The molecule has 0 aliphatic rings. The molecule has 0 saturated heterocycles. The van der Waals surface area contributed by atoms with Crippen molar-refractivity contribution in [2.45, 2.75) is 26.4 Å². The summed E-state index contributed by atoms with van der Waals surface area (Å²) in [5, 5.41) is 4.98.